The Morgan fingerprint density at radius 1 is 0.610 bits per heavy atom. The predicted molar refractivity (Wildman–Crippen MR) is 167 cm³/mol. The predicted octanol–water partition coefficient (Wildman–Crippen LogP) is 9.70. The maximum absolute atomic E-state index is 9.18. The van der Waals surface area contributed by atoms with Crippen LogP contribution in [0, 0.1) is 11.3 Å². The van der Waals surface area contributed by atoms with Gasteiger partial charge in [-0.05, 0) is 66.4 Å². The molecule has 0 bridgehead atoms. The van der Waals surface area contributed by atoms with E-state index < -0.39 is 0 Å². The van der Waals surface area contributed by atoms with E-state index in [4.69, 9.17) is 9.97 Å². The van der Waals surface area contributed by atoms with E-state index in [1.807, 2.05) is 42.1 Å². The minimum atomic E-state index is 0.0898. The molecule has 1 aliphatic carbocycles. The number of pyridine rings is 2. The average molecular weight is 546 g/mol. The van der Waals surface area contributed by atoms with Gasteiger partial charge in [-0.3, -0.25) is 0 Å². The zero-order valence-corrected chi connectivity index (χ0v) is 23.4. The van der Waals surface area contributed by atoms with Crippen molar-refractivity contribution in [3.63, 3.8) is 0 Å². The first-order valence-corrected chi connectivity index (χ1v) is 15.2. The largest absolute Gasteiger partial charge is 0.245 e. The maximum atomic E-state index is 9.18. The van der Waals surface area contributed by atoms with E-state index in [1.54, 1.807) is 0 Å². The standard InChI is InChI=1S/C37H27N3S/c38-23-24-8-10-25(11-9-24)31-17-14-26-12-13-27-15-18-32(40-36(27)35(26)39-31)28-16-19-34-30(22-28)37(20-4-1-5-21-37)29-6-2-3-7-33(29)41-34/h2-3,6-19,22H,1,4-5,20-21H2. The third-order valence-corrected chi connectivity index (χ3v) is 10.1. The Hall–Kier alpha value is -4.46. The summed E-state index contributed by atoms with van der Waals surface area (Å²) in [7, 11) is 0. The number of nitrogens with zero attached hydrogens (tertiary/aromatic N) is 3. The maximum Gasteiger partial charge on any atom is 0.0991 e. The number of aromatic nitrogens is 2. The first-order valence-electron chi connectivity index (χ1n) is 14.4. The lowest BCUT2D eigenvalue weighted by molar-refractivity contribution is 0.335. The van der Waals surface area contributed by atoms with Crippen LogP contribution >= 0.6 is 11.8 Å². The smallest absolute Gasteiger partial charge is 0.0991 e. The molecular weight excluding hydrogens is 518 g/mol. The van der Waals surface area contributed by atoms with Gasteiger partial charge in [0.25, 0.3) is 0 Å². The molecule has 1 fully saturated rings. The fourth-order valence-electron chi connectivity index (χ4n) is 6.87. The summed E-state index contributed by atoms with van der Waals surface area (Å²) < 4.78 is 0. The molecule has 6 aromatic rings. The van der Waals surface area contributed by atoms with E-state index >= 15 is 0 Å². The van der Waals surface area contributed by atoms with Gasteiger partial charge < -0.3 is 0 Å². The Morgan fingerprint density at radius 3 is 1.93 bits per heavy atom. The van der Waals surface area contributed by atoms with Gasteiger partial charge in [-0.25, -0.2) is 9.97 Å². The normalized spacial score (nSPS) is 15.4. The Balaban J connectivity index is 1.27. The first-order chi connectivity index (χ1) is 20.2. The van der Waals surface area contributed by atoms with E-state index in [-0.39, 0.29) is 5.41 Å². The van der Waals surface area contributed by atoms with Crippen LogP contribution in [-0.4, -0.2) is 9.97 Å². The summed E-state index contributed by atoms with van der Waals surface area (Å²) in [5, 5.41) is 11.3. The minimum Gasteiger partial charge on any atom is -0.245 e. The number of benzene rings is 4. The van der Waals surface area contributed by atoms with Crippen LogP contribution in [0.5, 0.6) is 0 Å². The van der Waals surface area contributed by atoms with Crippen LogP contribution in [0.1, 0.15) is 48.8 Å². The molecule has 0 unspecified atom stereocenters. The van der Waals surface area contributed by atoms with Gasteiger partial charge in [-0.1, -0.05) is 91.7 Å². The van der Waals surface area contributed by atoms with Crippen molar-refractivity contribution in [2.75, 3.05) is 0 Å². The minimum absolute atomic E-state index is 0.0898. The first kappa shape index (κ1) is 24.3. The molecule has 4 aromatic carbocycles. The van der Waals surface area contributed by atoms with Crippen LogP contribution in [-0.2, 0) is 5.41 Å². The summed E-state index contributed by atoms with van der Waals surface area (Å²) >= 11 is 1.91. The van der Waals surface area contributed by atoms with Gasteiger partial charge in [0.2, 0.25) is 0 Å². The quantitative estimate of drug-likeness (QED) is 0.203. The van der Waals surface area contributed by atoms with Crippen molar-refractivity contribution < 1.29 is 0 Å². The molecule has 3 heterocycles. The number of nitriles is 1. The zero-order chi connectivity index (χ0) is 27.4. The summed E-state index contributed by atoms with van der Waals surface area (Å²) in [5.74, 6) is 0. The van der Waals surface area contributed by atoms with Crippen molar-refractivity contribution in [1.82, 2.24) is 9.97 Å². The van der Waals surface area contributed by atoms with Crippen molar-refractivity contribution in [3.05, 3.63) is 120 Å². The van der Waals surface area contributed by atoms with Gasteiger partial charge >= 0.3 is 0 Å². The number of hydrogen-bond acceptors (Lipinski definition) is 4. The molecular formula is C37H27N3S. The highest BCUT2D eigenvalue weighted by Crippen LogP contribution is 2.55. The van der Waals surface area contributed by atoms with E-state index in [2.05, 4.69) is 78.9 Å². The molecule has 0 atom stereocenters. The van der Waals surface area contributed by atoms with Gasteiger partial charge in [-0.15, -0.1) is 0 Å². The Morgan fingerprint density at radius 2 is 1.22 bits per heavy atom. The van der Waals surface area contributed by atoms with E-state index in [0.717, 1.165) is 44.3 Å². The second-order valence-electron chi connectivity index (χ2n) is 11.2. The van der Waals surface area contributed by atoms with Crippen LogP contribution in [0.15, 0.2) is 113 Å². The molecule has 2 aliphatic rings. The van der Waals surface area contributed by atoms with Crippen molar-refractivity contribution in [2.45, 2.75) is 47.3 Å². The molecule has 0 amide bonds. The summed E-state index contributed by atoms with van der Waals surface area (Å²) in [4.78, 5) is 13.1. The number of rotatable bonds is 2. The second kappa shape index (κ2) is 9.58. The number of fused-ring (bicyclic) bond motifs is 7. The lowest BCUT2D eigenvalue weighted by Crippen LogP contribution is -2.33. The second-order valence-corrected chi connectivity index (χ2v) is 12.3. The molecule has 1 aliphatic heterocycles. The Kier molecular flexibility index (Phi) is 5.69. The molecule has 4 heteroatoms. The van der Waals surface area contributed by atoms with Gasteiger partial charge in [-0.2, -0.15) is 5.26 Å². The van der Waals surface area contributed by atoms with E-state index in [1.165, 1.54) is 53.0 Å². The third-order valence-electron chi connectivity index (χ3n) is 8.95. The zero-order valence-electron chi connectivity index (χ0n) is 22.6. The van der Waals surface area contributed by atoms with E-state index in [9.17, 15) is 5.26 Å². The SMILES string of the molecule is N#Cc1ccc(-c2ccc3ccc4ccc(-c5ccc6c(c5)C5(CCCCC5)c5ccccc5S6)nc4c3n2)cc1. The van der Waals surface area contributed by atoms with Crippen LogP contribution in [0.3, 0.4) is 0 Å². The van der Waals surface area contributed by atoms with Crippen LogP contribution < -0.4 is 0 Å². The van der Waals surface area contributed by atoms with Gasteiger partial charge in [0.1, 0.15) is 0 Å². The monoisotopic (exact) mass is 545 g/mol. The Bertz CT molecular complexity index is 2010. The van der Waals surface area contributed by atoms with Crippen molar-refractivity contribution in [3.8, 4) is 28.6 Å². The summed E-state index contributed by atoms with van der Waals surface area (Å²) in [6, 6.07) is 38.6. The van der Waals surface area contributed by atoms with Gasteiger partial charge in [0.05, 0.1) is 34.1 Å². The summed E-state index contributed by atoms with van der Waals surface area (Å²) in [6.07, 6.45) is 6.28. The van der Waals surface area contributed by atoms with Gasteiger partial charge in [0.15, 0.2) is 0 Å². The summed E-state index contributed by atoms with van der Waals surface area (Å²) in [6.45, 7) is 0. The van der Waals surface area contributed by atoms with E-state index in [0.29, 0.717) is 5.56 Å². The molecule has 0 saturated heterocycles. The van der Waals surface area contributed by atoms with Gasteiger partial charge in [0, 0.05) is 37.1 Å². The summed E-state index contributed by atoms with van der Waals surface area (Å²) in [5.41, 5.74) is 9.54. The van der Waals surface area contributed by atoms with Crippen LogP contribution in [0.4, 0.5) is 0 Å². The highest BCUT2D eigenvalue weighted by Gasteiger charge is 2.41. The molecule has 8 rings (SSSR count). The molecule has 0 N–H and O–H groups in total. The van der Waals surface area contributed by atoms with Crippen molar-refractivity contribution >= 4 is 33.6 Å². The molecule has 1 spiro atoms. The molecule has 1 saturated carbocycles. The molecule has 41 heavy (non-hydrogen) atoms. The van der Waals surface area contributed by atoms with Crippen LogP contribution in [0.25, 0.3) is 44.3 Å². The fraction of sp³-hybridized carbons (Fsp3) is 0.162. The third kappa shape index (κ3) is 3.96. The molecule has 2 aromatic heterocycles. The highest BCUT2D eigenvalue weighted by molar-refractivity contribution is 7.99. The number of hydrogen-bond donors (Lipinski definition) is 0. The average Bonchev–Trinajstić information content (AvgIpc) is 3.05. The lowest BCUT2D eigenvalue weighted by Gasteiger charge is -2.43. The molecule has 3 nitrogen and oxygen atoms in total. The fourth-order valence-corrected chi connectivity index (χ4v) is 8.12. The molecule has 0 radical (unpaired) electrons. The van der Waals surface area contributed by atoms with Crippen LogP contribution in [0.2, 0.25) is 0 Å². The topological polar surface area (TPSA) is 49.6 Å². The van der Waals surface area contributed by atoms with Crippen molar-refractivity contribution in [2.24, 2.45) is 0 Å². The van der Waals surface area contributed by atoms with Crippen molar-refractivity contribution in [1.29, 1.82) is 5.26 Å². The molecule has 196 valence electrons. The Labute approximate surface area is 243 Å². The highest BCUT2D eigenvalue weighted by atomic mass is 32.2. The lowest BCUT2D eigenvalue weighted by atomic mass is 9.65.